The van der Waals surface area contributed by atoms with Crippen molar-refractivity contribution in [2.75, 3.05) is 11.9 Å². The van der Waals surface area contributed by atoms with Crippen molar-refractivity contribution in [1.82, 2.24) is 9.38 Å². The number of rotatable bonds is 5. The number of pyridine rings is 1. The third-order valence-electron chi connectivity index (χ3n) is 4.43. The van der Waals surface area contributed by atoms with Gasteiger partial charge in [0, 0.05) is 11.1 Å². The summed E-state index contributed by atoms with van der Waals surface area (Å²) in [7, 11) is 0. The minimum Gasteiger partial charge on any atom is -0.462 e. The molecule has 7 heteroatoms. The minimum absolute atomic E-state index is 0.259. The van der Waals surface area contributed by atoms with Crippen LogP contribution in [0.5, 0.6) is 0 Å². The number of imidazole rings is 1. The summed E-state index contributed by atoms with van der Waals surface area (Å²) in [6, 6.07) is 17.0. The molecule has 0 saturated carbocycles. The second kappa shape index (κ2) is 7.89. The molecule has 4 rings (SSSR count). The first kappa shape index (κ1) is 18.9. The number of carbonyl (C=O) groups excluding carboxylic acids is 2. The zero-order chi connectivity index (χ0) is 20.4. The van der Waals surface area contributed by atoms with Crippen LogP contribution in [0.15, 0.2) is 60.8 Å². The summed E-state index contributed by atoms with van der Waals surface area (Å²) in [6.45, 7) is 3.80. The number of aryl methyl sites for hydroxylation is 1. The van der Waals surface area contributed by atoms with Gasteiger partial charge in [0.05, 0.1) is 17.9 Å². The predicted octanol–water partition coefficient (Wildman–Crippen LogP) is 4.80. The standard InChI is InChI=1S/C22H19N3O3S/c1-3-28-22(27)16-13-17(15-9-5-4-6-10-15)29-21(16)24-20(26)19-14(2)23-18-11-7-8-12-25(18)19/h4-13H,3H2,1-2H3,(H,24,26). The number of carbonyl (C=O) groups is 2. The van der Waals surface area contributed by atoms with Gasteiger partial charge >= 0.3 is 5.97 Å². The summed E-state index contributed by atoms with van der Waals surface area (Å²) < 4.78 is 6.92. The van der Waals surface area contributed by atoms with Crippen LogP contribution in [0.2, 0.25) is 0 Å². The highest BCUT2D eigenvalue weighted by molar-refractivity contribution is 7.20. The first-order valence-electron chi connectivity index (χ1n) is 9.20. The van der Waals surface area contributed by atoms with Crippen molar-refractivity contribution in [2.45, 2.75) is 13.8 Å². The highest BCUT2D eigenvalue weighted by Gasteiger charge is 2.23. The van der Waals surface area contributed by atoms with Crippen molar-refractivity contribution in [3.05, 3.63) is 77.7 Å². The molecule has 0 aliphatic carbocycles. The number of aromatic nitrogens is 2. The highest BCUT2D eigenvalue weighted by Crippen LogP contribution is 2.36. The van der Waals surface area contributed by atoms with Gasteiger partial charge in [0.2, 0.25) is 0 Å². The number of hydrogen-bond acceptors (Lipinski definition) is 5. The molecule has 0 fully saturated rings. The maximum Gasteiger partial charge on any atom is 0.341 e. The van der Waals surface area contributed by atoms with Crippen LogP contribution in [-0.4, -0.2) is 27.9 Å². The molecule has 1 N–H and O–H groups in total. The number of benzene rings is 1. The number of ether oxygens (including phenoxy) is 1. The van der Waals surface area contributed by atoms with Crippen molar-refractivity contribution in [3.63, 3.8) is 0 Å². The van der Waals surface area contributed by atoms with E-state index in [-0.39, 0.29) is 12.5 Å². The van der Waals surface area contributed by atoms with Crippen LogP contribution >= 0.6 is 11.3 Å². The Labute approximate surface area is 171 Å². The van der Waals surface area contributed by atoms with E-state index in [4.69, 9.17) is 4.74 Å². The fourth-order valence-electron chi connectivity index (χ4n) is 3.14. The molecule has 0 radical (unpaired) electrons. The Hall–Kier alpha value is -3.45. The van der Waals surface area contributed by atoms with Gasteiger partial charge in [0.1, 0.15) is 16.3 Å². The van der Waals surface area contributed by atoms with E-state index in [1.54, 1.807) is 30.5 Å². The monoisotopic (exact) mass is 405 g/mol. The molecular weight excluding hydrogens is 386 g/mol. The van der Waals surface area contributed by atoms with Gasteiger partial charge in [-0.05, 0) is 37.6 Å². The van der Waals surface area contributed by atoms with Gasteiger partial charge in [0.25, 0.3) is 5.91 Å². The van der Waals surface area contributed by atoms with Gasteiger partial charge in [-0.15, -0.1) is 11.3 Å². The number of thiophene rings is 1. The summed E-state index contributed by atoms with van der Waals surface area (Å²) >= 11 is 1.34. The van der Waals surface area contributed by atoms with Crippen LogP contribution in [0.4, 0.5) is 5.00 Å². The molecule has 0 saturated heterocycles. The van der Waals surface area contributed by atoms with E-state index in [0.717, 1.165) is 10.4 Å². The minimum atomic E-state index is -0.462. The number of esters is 1. The molecule has 4 aromatic rings. The maximum absolute atomic E-state index is 13.1. The lowest BCUT2D eigenvalue weighted by atomic mass is 10.1. The molecule has 0 aliphatic rings. The highest BCUT2D eigenvalue weighted by atomic mass is 32.1. The summed E-state index contributed by atoms with van der Waals surface area (Å²) in [5.41, 5.74) is 3.05. The molecule has 0 spiro atoms. The first-order valence-corrected chi connectivity index (χ1v) is 10.0. The second-order valence-electron chi connectivity index (χ2n) is 6.37. The zero-order valence-corrected chi connectivity index (χ0v) is 16.8. The van der Waals surface area contributed by atoms with Gasteiger partial charge in [-0.2, -0.15) is 0 Å². The van der Waals surface area contributed by atoms with Crippen LogP contribution in [-0.2, 0) is 4.74 Å². The lowest BCUT2D eigenvalue weighted by Crippen LogP contribution is -2.17. The van der Waals surface area contributed by atoms with Crippen molar-refractivity contribution in [1.29, 1.82) is 0 Å². The Morgan fingerprint density at radius 1 is 1.14 bits per heavy atom. The van der Waals surface area contributed by atoms with Gasteiger partial charge in [-0.3, -0.25) is 9.20 Å². The topological polar surface area (TPSA) is 72.7 Å². The summed E-state index contributed by atoms with van der Waals surface area (Å²) in [6.07, 6.45) is 1.79. The Kier molecular flexibility index (Phi) is 5.14. The van der Waals surface area contributed by atoms with E-state index in [1.165, 1.54) is 11.3 Å². The van der Waals surface area contributed by atoms with E-state index in [2.05, 4.69) is 10.3 Å². The van der Waals surface area contributed by atoms with E-state index in [9.17, 15) is 9.59 Å². The quantitative estimate of drug-likeness (QED) is 0.484. The molecule has 3 aromatic heterocycles. The SMILES string of the molecule is CCOC(=O)c1cc(-c2ccccc2)sc1NC(=O)c1c(C)nc2ccccn12. The number of amides is 1. The van der Waals surface area contributed by atoms with Crippen LogP contribution in [0.25, 0.3) is 16.1 Å². The normalized spacial score (nSPS) is 10.8. The predicted molar refractivity (Wildman–Crippen MR) is 114 cm³/mol. The molecule has 0 atom stereocenters. The van der Waals surface area contributed by atoms with Gasteiger partial charge in [-0.25, -0.2) is 9.78 Å². The smallest absolute Gasteiger partial charge is 0.341 e. The summed E-state index contributed by atoms with van der Waals surface area (Å²) in [4.78, 5) is 30.8. The lowest BCUT2D eigenvalue weighted by molar-refractivity contribution is 0.0528. The maximum atomic E-state index is 13.1. The first-order chi connectivity index (χ1) is 14.1. The number of fused-ring (bicyclic) bond motifs is 1. The molecule has 0 aliphatic heterocycles. The van der Waals surface area contributed by atoms with Crippen molar-refractivity contribution in [2.24, 2.45) is 0 Å². The number of nitrogens with zero attached hydrogens (tertiary/aromatic N) is 2. The van der Waals surface area contributed by atoms with Crippen molar-refractivity contribution in [3.8, 4) is 10.4 Å². The molecule has 3 heterocycles. The molecule has 29 heavy (non-hydrogen) atoms. The average Bonchev–Trinajstić information content (AvgIpc) is 3.29. The van der Waals surface area contributed by atoms with E-state index >= 15 is 0 Å². The molecule has 0 unspecified atom stereocenters. The number of anilines is 1. The van der Waals surface area contributed by atoms with Gasteiger partial charge < -0.3 is 10.1 Å². The van der Waals surface area contributed by atoms with Crippen molar-refractivity contribution >= 4 is 33.9 Å². The molecule has 1 amide bonds. The van der Waals surface area contributed by atoms with Crippen LogP contribution < -0.4 is 5.32 Å². The van der Waals surface area contributed by atoms with Crippen LogP contribution in [0.3, 0.4) is 0 Å². The molecule has 1 aromatic carbocycles. The van der Waals surface area contributed by atoms with Gasteiger partial charge in [0.15, 0.2) is 0 Å². The number of nitrogens with one attached hydrogen (secondary N) is 1. The van der Waals surface area contributed by atoms with E-state index < -0.39 is 5.97 Å². The van der Waals surface area contributed by atoms with Crippen LogP contribution in [0, 0.1) is 6.92 Å². The van der Waals surface area contributed by atoms with Gasteiger partial charge in [-0.1, -0.05) is 36.4 Å². The fraction of sp³-hybridized carbons (Fsp3) is 0.136. The second-order valence-corrected chi connectivity index (χ2v) is 7.42. The fourth-order valence-corrected chi connectivity index (χ4v) is 4.18. The summed E-state index contributed by atoms with van der Waals surface area (Å²) in [5.74, 6) is -0.788. The Morgan fingerprint density at radius 3 is 2.66 bits per heavy atom. The molecular formula is C22H19N3O3S. The molecule has 6 nitrogen and oxygen atoms in total. The van der Waals surface area contributed by atoms with Crippen LogP contribution in [0.1, 0.15) is 33.5 Å². The van der Waals surface area contributed by atoms with Crippen molar-refractivity contribution < 1.29 is 14.3 Å². The average molecular weight is 405 g/mol. The van der Waals surface area contributed by atoms with E-state index in [0.29, 0.717) is 27.6 Å². The lowest BCUT2D eigenvalue weighted by Gasteiger charge is -2.06. The Balaban J connectivity index is 1.73. The van der Waals surface area contributed by atoms with E-state index in [1.807, 2.05) is 48.5 Å². The number of hydrogen-bond donors (Lipinski definition) is 1. The Morgan fingerprint density at radius 2 is 1.90 bits per heavy atom. The third kappa shape index (κ3) is 3.64. The largest absolute Gasteiger partial charge is 0.462 e. The third-order valence-corrected chi connectivity index (χ3v) is 5.53. The zero-order valence-electron chi connectivity index (χ0n) is 16.0. The summed E-state index contributed by atoms with van der Waals surface area (Å²) in [5, 5.41) is 3.35. The molecule has 0 bridgehead atoms. The molecule has 146 valence electrons. The Bertz CT molecular complexity index is 1190.